The predicted molar refractivity (Wildman–Crippen MR) is 107 cm³/mol. The monoisotopic (exact) mass is 407 g/mol. The minimum absolute atomic E-state index is 0.00518. The van der Waals surface area contributed by atoms with E-state index in [9.17, 15) is 19.2 Å². The molecule has 2 unspecified atom stereocenters. The van der Waals surface area contributed by atoms with Crippen LogP contribution in [0, 0.1) is 0 Å². The molecule has 1 fully saturated rings. The Morgan fingerprint density at radius 3 is 2.54 bits per heavy atom. The summed E-state index contributed by atoms with van der Waals surface area (Å²) in [6, 6.07) is 6.21. The molecule has 2 atom stereocenters. The molecule has 0 bridgehead atoms. The third kappa shape index (κ3) is 6.35. The van der Waals surface area contributed by atoms with Crippen molar-refractivity contribution in [3.63, 3.8) is 0 Å². The van der Waals surface area contributed by atoms with Crippen molar-refractivity contribution in [2.24, 2.45) is 0 Å². The first kappa shape index (κ1) is 21.9. The summed E-state index contributed by atoms with van der Waals surface area (Å²) in [5, 5.41) is 6.21. The molecular weight excluding hydrogens is 382 g/mol. The smallest absolute Gasteiger partial charge is 0.337 e. The third-order valence-electron chi connectivity index (χ3n) is 4.31. The van der Waals surface area contributed by atoms with Crippen molar-refractivity contribution < 1.29 is 23.9 Å². The highest BCUT2D eigenvalue weighted by atomic mass is 32.2. The van der Waals surface area contributed by atoms with Crippen LogP contribution in [0.25, 0.3) is 0 Å². The summed E-state index contributed by atoms with van der Waals surface area (Å²) in [5.74, 6) is -0.713. The summed E-state index contributed by atoms with van der Waals surface area (Å²) in [4.78, 5) is 48.6. The number of anilines is 1. The Labute approximate surface area is 168 Å². The number of benzene rings is 1. The molecule has 0 spiro atoms. The maximum absolute atomic E-state index is 12.5. The molecule has 0 radical (unpaired) electrons. The van der Waals surface area contributed by atoms with Gasteiger partial charge >= 0.3 is 5.97 Å². The van der Waals surface area contributed by atoms with E-state index >= 15 is 0 Å². The molecule has 2 rings (SSSR count). The number of methoxy groups -OCH3 is 1. The fourth-order valence-corrected chi connectivity index (χ4v) is 3.86. The molecule has 1 aliphatic heterocycles. The first-order valence-electron chi connectivity index (χ1n) is 8.89. The number of likely N-dealkylation sites (N-methyl/N-ethyl adjacent to an activating group) is 1. The van der Waals surface area contributed by atoms with Gasteiger partial charge in [-0.2, -0.15) is 0 Å². The van der Waals surface area contributed by atoms with Gasteiger partial charge < -0.3 is 20.3 Å². The molecule has 8 nitrogen and oxygen atoms in total. The maximum atomic E-state index is 12.5. The number of hydrogen-bond acceptors (Lipinski definition) is 8. The van der Waals surface area contributed by atoms with Gasteiger partial charge in [0.1, 0.15) is 0 Å². The van der Waals surface area contributed by atoms with E-state index in [4.69, 9.17) is 0 Å². The molecule has 1 aliphatic rings. The molecule has 1 saturated heterocycles. The second kappa shape index (κ2) is 10.2. The van der Waals surface area contributed by atoms with E-state index in [2.05, 4.69) is 15.4 Å². The van der Waals surface area contributed by atoms with Gasteiger partial charge in [0.15, 0.2) is 10.9 Å². The van der Waals surface area contributed by atoms with Crippen LogP contribution >= 0.6 is 11.8 Å². The molecule has 1 aromatic carbocycles. The molecular formula is C19H25N3O5S. The van der Waals surface area contributed by atoms with Crippen LogP contribution in [-0.4, -0.2) is 72.8 Å². The number of thioether (sulfide) groups is 1. The van der Waals surface area contributed by atoms with E-state index < -0.39 is 5.97 Å². The minimum atomic E-state index is -0.424. The normalized spacial score (nSPS) is 18.4. The topological polar surface area (TPSA) is 105 Å². The first-order valence-corrected chi connectivity index (χ1v) is 9.77. The minimum Gasteiger partial charge on any atom is -0.465 e. The summed E-state index contributed by atoms with van der Waals surface area (Å²) in [6.45, 7) is 2.18. The molecule has 1 heterocycles. The van der Waals surface area contributed by atoms with Gasteiger partial charge in [0.2, 0.25) is 5.91 Å². The number of nitrogens with one attached hydrogen (secondary N) is 2. The van der Waals surface area contributed by atoms with E-state index in [1.165, 1.54) is 30.7 Å². The average Bonchev–Trinajstić information content (AvgIpc) is 3.13. The first-order chi connectivity index (χ1) is 13.3. The van der Waals surface area contributed by atoms with Crippen molar-refractivity contribution >= 4 is 40.2 Å². The van der Waals surface area contributed by atoms with Crippen molar-refractivity contribution in [2.75, 3.05) is 39.1 Å². The van der Waals surface area contributed by atoms with Gasteiger partial charge in [-0.25, -0.2) is 4.79 Å². The van der Waals surface area contributed by atoms with Crippen molar-refractivity contribution in [1.29, 1.82) is 0 Å². The zero-order chi connectivity index (χ0) is 20.7. The molecule has 0 aliphatic carbocycles. The Morgan fingerprint density at radius 1 is 1.25 bits per heavy atom. The molecule has 1 aromatic rings. The highest BCUT2D eigenvalue weighted by molar-refractivity contribution is 8.14. The zero-order valence-corrected chi connectivity index (χ0v) is 17.0. The lowest BCUT2D eigenvalue weighted by molar-refractivity contribution is -0.135. The standard InChI is InChI=1S/C19H25N3O5S/c1-12(23)28-16-8-17(21-10-16)18(25)22(2)11-15(24)9-20-14-6-4-13(5-7-14)19(26)27-3/h4-7,16-17,20-21H,8-11H2,1-3H3. The van der Waals surface area contributed by atoms with Gasteiger partial charge in [-0.3, -0.25) is 14.4 Å². The third-order valence-corrected chi connectivity index (χ3v) is 5.33. The largest absolute Gasteiger partial charge is 0.465 e. The Kier molecular flexibility index (Phi) is 8.01. The number of ether oxygens (including phenoxy) is 1. The lowest BCUT2D eigenvalue weighted by atomic mass is 10.2. The lowest BCUT2D eigenvalue weighted by Gasteiger charge is -2.20. The van der Waals surface area contributed by atoms with E-state index in [-0.39, 0.29) is 41.2 Å². The van der Waals surface area contributed by atoms with Crippen LogP contribution in [0.2, 0.25) is 0 Å². The number of esters is 1. The van der Waals surface area contributed by atoms with Gasteiger partial charge in [-0.05, 0) is 30.7 Å². The highest BCUT2D eigenvalue weighted by Crippen LogP contribution is 2.22. The second-order valence-corrected chi connectivity index (χ2v) is 8.06. The van der Waals surface area contributed by atoms with Crippen LogP contribution in [0.15, 0.2) is 24.3 Å². The fourth-order valence-electron chi connectivity index (χ4n) is 2.92. The SMILES string of the molecule is COC(=O)c1ccc(NCC(=O)CN(C)C(=O)C2CC(SC(C)=O)CN2)cc1. The Morgan fingerprint density at radius 2 is 1.93 bits per heavy atom. The van der Waals surface area contributed by atoms with E-state index in [1.807, 2.05) is 0 Å². The summed E-state index contributed by atoms with van der Waals surface area (Å²) >= 11 is 1.24. The van der Waals surface area contributed by atoms with Gasteiger partial charge in [0, 0.05) is 31.5 Å². The van der Waals surface area contributed by atoms with Crippen LogP contribution in [0.3, 0.4) is 0 Å². The van der Waals surface area contributed by atoms with Crippen LogP contribution in [0.5, 0.6) is 0 Å². The number of Topliss-reactive ketones (excluding diaryl/α,β-unsaturated/α-hetero) is 1. The molecule has 9 heteroatoms. The maximum Gasteiger partial charge on any atom is 0.337 e. The Hall–Kier alpha value is -2.39. The number of nitrogens with zero attached hydrogens (tertiary/aromatic N) is 1. The number of ketones is 1. The molecule has 2 N–H and O–H groups in total. The summed E-state index contributed by atoms with van der Waals surface area (Å²) in [5.41, 5.74) is 1.12. The lowest BCUT2D eigenvalue weighted by Crippen LogP contribution is -2.44. The Balaban J connectivity index is 1.77. The van der Waals surface area contributed by atoms with E-state index in [0.29, 0.717) is 24.2 Å². The van der Waals surface area contributed by atoms with Crippen LogP contribution in [-0.2, 0) is 19.1 Å². The second-order valence-electron chi connectivity index (χ2n) is 6.58. The molecule has 28 heavy (non-hydrogen) atoms. The molecule has 0 saturated carbocycles. The molecule has 1 amide bonds. The highest BCUT2D eigenvalue weighted by Gasteiger charge is 2.32. The summed E-state index contributed by atoms with van der Waals surface area (Å²) < 4.78 is 4.63. The van der Waals surface area contributed by atoms with Crippen molar-refractivity contribution in [3.8, 4) is 0 Å². The zero-order valence-electron chi connectivity index (χ0n) is 16.2. The fraction of sp³-hybridized carbons (Fsp3) is 0.474. The molecule has 152 valence electrons. The van der Waals surface area contributed by atoms with Gasteiger partial charge in [0.05, 0.1) is 31.8 Å². The van der Waals surface area contributed by atoms with Crippen molar-refractivity contribution in [1.82, 2.24) is 10.2 Å². The van der Waals surface area contributed by atoms with Gasteiger partial charge in [-0.1, -0.05) is 11.8 Å². The quantitative estimate of drug-likeness (QED) is 0.613. The number of hydrogen-bond donors (Lipinski definition) is 2. The number of carbonyl (C=O) groups is 4. The van der Waals surface area contributed by atoms with Crippen molar-refractivity contribution in [3.05, 3.63) is 29.8 Å². The van der Waals surface area contributed by atoms with Crippen molar-refractivity contribution in [2.45, 2.75) is 24.6 Å². The van der Waals surface area contributed by atoms with Gasteiger partial charge in [0.25, 0.3) is 0 Å². The van der Waals surface area contributed by atoms with Gasteiger partial charge in [-0.15, -0.1) is 0 Å². The van der Waals surface area contributed by atoms with Crippen LogP contribution in [0.4, 0.5) is 5.69 Å². The van der Waals surface area contributed by atoms with Crippen LogP contribution < -0.4 is 10.6 Å². The number of rotatable bonds is 8. The number of carbonyl (C=O) groups excluding carboxylic acids is 4. The van der Waals surface area contributed by atoms with Crippen LogP contribution in [0.1, 0.15) is 23.7 Å². The molecule has 0 aromatic heterocycles. The van der Waals surface area contributed by atoms with E-state index in [1.54, 1.807) is 31.3 Å². The summed E-state index contributed by atoms with van der Waals surface area (Å²) in [7, 11) is 2.91. The predicted octanol–water partition coefficient (Wildman–Crippen LogP) is 0.923. The number of amides is 1. The summed E-state index contributed by atoms with van der Waals surface area (Å²) in [6.07, 6.45) is 0.576. The average molecular weight is 407 g/mol. The Bertz CT molecular complexity index is 738. The van der Waals surface area contributed by atoms with E-state index in [0.717, 1.165) is 0 Å².